The molecule has 1 saturated heterocycles. The summed E-state index contributed by atoms with van der Waals surface area (Å²) < 4.78 is 16.9. The zero-order valence-corrected chi connectivity index (χ0v) is 23.0. The van der Waals surface area contributed by atoms with Gasteiger partial charge in [-0.15, -0.1) is 0 Å². The standard InChI is InChI=1S/C31H32ClNO6/c1-4-6-7-17-39-24-14-11-20(12-15-24)29(34)27-28(21-13-16-25(37-3)26(18-21)38-5-2)33(31(36)30(27)35)23-10-8-9-22(32)19-23/h8-16,18-19,28,34H,4-7,17H2,1-3H3/b29-27-. The van der Waals surface area contributed by atoms with Crippen molar-refractivity contribution in [1.82, 2.24) is 0 Å². The molecule has 1 unspecified atom stereocenters. The number of Topliss-reactive ketones (excluding diaryl/α,β-unsaturated/α-hetero) is 1. The summed E-state index contributed by atoms with van der Waals surface area (Å²) in [6.45, 7) is 4.97. The average Bonchev–Trinajstić information content (AvgIpc) is 3.21. The Balaban J connectivity index is 1.81. The van der Waals surface area contributed by atoms with E-state index in [1.807, 2.05) is 6.92 Å². The smallest absolute Gasteiger partial charge is 0.300 e. The highest BCUT2D eigenvalue weighted by Crippen LogP contribution is 2.44. The lowest BCUT2D eigenvalue weighted by atomic mass is 9.94. The van der Waals surface area contributed by atoms with E-state index in [0.29, 0.717) is 52.3 Å². The summed E-state index contributed by atoms with van der Waals surface area (Å²) in [6, 6.07) is 17.8. The van der Waals surface area contributed by atoms with E-state index in [1.165, 1.54) is 12.0 Å². The lowest BCUT2D eigenvalue weighted by molar-refractivity contribution is -0.132. The van der Waals surface area contributed by atoms with Gasteiger partial charge in [0.1, 0.15) is 11.5 Å². The summed E-state index contributed by atoms with van der Waals surface area (Å²) in [7, 11) is 1.53. The lowest BCUT2D eigenvalue weighted by Gasteiger charge is -2.26. The van der Waals surface area contributed by atoms with Crippen molar-refractivity contribution in [2.45, 2.75) is 39.2 Å². The molecule has 4 rings (SSSR count). The predicted molar refractivity (Wildman–Crippen MR) is 152 cm³/mol. The second-order valence-corrected chi connectivity index (χ2v) is 9.51. The molecule has 8 heteroatoms. The molecule has 0 bridgehead atoms. The van der Waals surface area contributed by atoms with Crippen molar-refractivity contribution in [2.75, 3.05) is 25.2 Å². The van der Waals surface area contributed by atoms with Crippen LogP contribution < -0.4 is 19.1 Å². The fourth-order valence-corrected chi connectivity index (χ4v) is 4.76. The topological polar surface area (TPSA) is 85.3 Å². The summed E-state index contributed by atoms with van der Waals surface area (Å²) >= 11 is 6.24. The second kappa shape index (κ2) is 12.7. The van der Waals surface area contributed by atoms with Crippen molar-refractivity contribution >= 4 is 34.7 Å². The molecule has 1 aliphatic heterocycles. The minimum atomic E-state index is -0.932. The van der Waals surface area contributed by atoms with Crippen molar-refractivity contribution < 1.29 is 28.9 Å². The zero-order chi connectivity index (χ0) is 27.9. The highest BCUT2D eigenvalue weighted by atomic mass is 35.5. The van der Waals surface area contributed by atoms with Crippen LogP contribution in [-0.2, 0) is 9.59 Å². The highest BCUT2D eigenvalue weighted by molar-refractivity contribution is 6.51. The number of ether oxygens (including phenoxy) is 3. The fraction of sp³-hybridized carbons (Fsp3) is 0.290. The Bertz CT molecular complexity index is 1370. The van der Waals surface area contributed by atoms with E-state index in [2.05, 4.69) is 6.92 Å². The van der Waals surface area contributed by atoms with Gasteiger partial charge in [-0.25, -0.2) is 0 Å². The Morgan fingerprint density at radius 2 is 1.72 bits per heavy atom. The first kappa shape index (κ1) is 28.0. The molecule has 0 saturated carbocycles. The summed E-state index contributed by atoms with van der Waals surface area (Å²) in [6.07, 6.45) is 3.14. The van der Waals surface area contributed by atoms with E-state index in [-0.39, 0.29) is 11.3 Å². The first-order valence-electron chi connectivity index (χ1n) is 13.0. The maximum atomic E-state index is 13.5. The number of unbranched alkanes of at least 4 members (excludes halogenated alkanes) is 2. The molecule has 0 spiro atoms. The van der Waals surface area contributed by atoms with E-state index in [1.54, 1.807) is 66.7 Å². The van der Waals surface area contributed by atoms with Crippen molar-refractivity contribution in [1.29, 1.82) is 0 Å². The van der Waals surface area contributed by atoms with Gasteiger partial charge in [0.05, 0.1) is 31.9 Å². The lowest BCUT2D eigenvalue weighted by Crippen LogP contribution is -2.29. The average molecular weight is 550 g/mol. The summed E-state index contributed by atoms with van der Waals surface area (Å²) in [4.78, 5) is 28.2. The Labute approximate surface area is 233 Å². The first-order valence-corrected chi connectivity index (χ1v) is 13.4. The Hall–Kier alpha value is -3.97. The number of halogens is 1. The molecule has 1 fully saturated rings. The van der Waals surface area contributed by atoms with Crippen LogP contribution >= 0.6 is 11.6 Å². The van der Waals surface area contributed by atoms with Crippen LogP contribution in [0, 0.1) is 0 Å². The van der Waals surface area contributed by atoms with Crippen molar-refractivity contribution in [3.05, 3.63) is 88.5 Å². The molecule has 0 aromatic heterocycles. The van der Waals surface area contributed by atoms with Crippen LogP contribution in [0.3, 0.4) is 0 Å². The number of nitrogens with zero attached hydrogens (tertiary/aromatic N) is 1. The Morgan fingerprint density at radius 1 is 0.949 bits per heavy atom. The van der Waals surface area contributed by atoms with E-state index < -0.39 is 17.7 Å². The van der Waals surface area contributed by atoms with Gasteiger partial charge in [-0.1, -0.05) is 43.5 Å². The third-order valence-electron chi connectivity index (χ3n) is 6.48. The fourth-order valence-electron chi connectivity index (χ4n) is 4.58. The number of carbonyl (C=O) groups excluding carboxylic acids is 2. The molecule has 0 radical (unpaired) electrons. The minimum Gasteiger partial charge on any atom is -0.507 e. The quantitative estimate of drug-likeness (QED) is 0.121. The number of hydrogen-bond acceptors (Lipinski definition) is 6. The van der Waals surface area contributed by atoms with E-state index in [4.69, 9.17) is 25.8 Å². The van der Waals surface area contributed by atoms with Gasteiger partial charge in [0, 0.05) is 16.3 Å². The van der Waals surface area contributed by atoms with Gasteiger partial charge in [-0.3, -0.25) is 14.5 Å². The number of anilines is 1. The Kier molecular flexibility index (Phi) is 9.15. The van der Waals surface area contributed by atoms with Crippen LogP contribution in [0.2, 0.25) is 5.02 Å². The van der Waals surface area contributed by atoms with Crippen molar-refractivity contribution in [2.24, 2.45) is 0 Å². The van der Waals surface area contributed by atoms with Gasteiger partial charge in [0.15, 0.2) is 11.5 Å². The minimum absolute atomic E-state index is 0.0378. The number of aliphatic hydroxyl groups excluding tert-OH is 1. The molecule has 204 valence electrons. The van der Waals surface area contributed by atoms with Crippen molar-refractivity contribution in [3.8, 4) is 17.2 Å². The third kappa shape index (κ3) is 6.04. The summed E-state index contributed by atoms with van der Waals surface area (Å²) in [5, 5.41) is 11.8. The van der Waals surface area contributed by atoms with Crippen LogP contribution in [0.1, 0.15) is 50.3 Å². The van der Waals surface area contributed by atoms with E-state index in [9.17, 15) is 14.7 Å². The molecule has 3 aromatic rings. The molecule has 1 amide bonds. The van der Waals surface area contributed by atoms with Crippen LogP contribution in [0.15, 0.2) is 72.3 Å². The Morgan fingerprint density at radius 3 is 2.38 bits per heavy atom. The van der Waals surface area contributed by atoms with Crippen LogP contribution in [0.5, 0.6) is 17.2 Å². The van der Waals surface area contributed by atoms with Gasteiger partial charge < -0.3 is 19.3 Å². The predicted octanol–water partition coefficient (Wildman–Crippen LogP) is 6.94. The van der Waals surface area contributed by atoms with Gasteiger partial charge in [0.25, 0.3) is 11.7 Å². The molecular formula is C31H32ClNO6. The largest absolute Gasteiger partial charge is 0.507 e. The van der Waals surface area contributed by atoms with Crippen LogP contribution in [-0.4, -0.2) is 37.1 Å². The molecule has 0 aliphatic carbocycles. The normalized spacial score (nSPS) is 16.4. The molecule has 1 aliphatic rings. The SMILES string of the molecule is CCCCCOc1ccc(/C(O)=C2/C(=O)C(=O)N(c3cccc(Cl)c3)C2c2ccc(OC)c(OCC)c2)cc1. The number of ketones is 1. The number of aliphatic hydroxyl groups is 1. The van der Waals surface area contributed by atoms with Crippen molar-refractivity contribution in [3.63, 3.8) is 0 Å². The molecule has 1 atom stereocenters. The number of rotatable bonds is 11. The molecular weight excluding hydrogens is 518 g/mol. The molecule has 3 aromatic carbocycles. The number of carbonyl (C=O) groups is 2. The maximum absolute atomic E-state index is 13.5. The van der Waals surface area contributed by atoms with Gasteiger partial charge in [-0.2, -0.15) is 0 Å². The summed E-state index contributed by atoms with van der Waals surface area (Å²) in [5.41, 5.74) is 1.35. The van der Waals surface area contributed by atoms with Gasteiger partial charge in [-0.05, 0) is 73.5 Å². The first-order chi connectivity index (χ1) is 18.9. The maximum Gasteiger partial charge on any atom is 0.300 e. The number of methoxy groups -OCH3 is 1. The molecule has 7 nitrogen and oxygen atoms in total. The molecule has 1 heterocycles. The number of amides is 1. The molecule has 1 N–H and O–H groups in total. The number of hydrogen-bond donors (Lipinski definition) is 1. The van der Waals surface area contributed by atoms with Crippen LogP contribution in [0.4, 0.5) is 5.69 Å². The summed E-state index contributed by atoms with van der Waals surface area (Å²) in [5.74, 6) is -0.225. The third-order valence-corrected chi connectivity index (χ3v) is 6.71. The van der Waals surface area contributed by atoms with E-state index >= 15 is 0 Å². The monoisotopic (exact) mass is 549 g/mol. The highest BCUT2D eigenvalue weighted by Gasteiger charge is 2.47. The second-order valence-electron chi connectivity index (χ2n) is 9.07. The van der Waals surface area contributed by atoms with Gasteiger partial charge >= 0.3 is 0 Å². The van der Waals surface area contributed by atoms with E-state index in [0.717, 1.165) is 19.3 Å². The molecule has 39 heavy (non-hydrogen) atoms. The van der Waals surface area contributed by atoms with Crippen LogP contribution in [0.25, 0.3) is 5.76 Å². The number of benzene rings is 3. The zero-order valence-electron chi connectivity index (χ0n) is 22.3. The van der Waals surface area contributed by atoms with Gasteiger partial charge in [0.2, 0.25) is 0 Å².